The Morgan fingerprint density at radius 1 is 1.18 bits per heavy atom. The molecule has 5 heteroatoms. The third kappa shape index (κ3) is 5.80. The summed E-state index contributed by atoms with van der Waals surface area (Å²) in [5, 5.41) is 3.44. The summed E-state index contributed by atoms with van der Waals surface area (Å²) in [5.41, 5.74) is 1.87. The average molecular weight is 382 g/mol. The van der Waals surface area contributed by atoms with Crippen LogP contribution in [0.2, 0.25) is 0 Å². The first-order valence-electron chi connectivity index (χ1n) is 10.3. The van der Waals surface area contributed by atoms with Crippen LogP contribution in [-0.2, 0) is 17.8 Å². The topological polar surface area (TPSA) is 54.5 Å². The molecule has 1 aliphatic rings. The third-order valence-electron chi connectivity index (χ3n) is 5.04. The number of hydrogen-bond donors (Lipinski definition) is 1. The first-order valence-corrected chi connectivity index (χ1v) is 10.3. The fraction of sp³-hybridized carbons (Fsp3) is 0.478. The van der Waals surface area contributed by atoms with Crippen molar-refractivity contribution in [1.29, 1.82) is 0 Å². The molecule has 0 saturated carbocycles. The summed E-state index contributed by atoms with van der Waals surface area (Å²) in [4.78, 5) is 19.9. The molecule has 28 heavy (non-hydrogen) atoms. The predicted octanol–water partition coefficient (Wildman–Crippen LogP) is 3.58. The van der Waals surface area contributed by atoms with E-state index in [0.29, 0.717) is 13.0 Å². The second-order valence-corrected chi connectivity index (χ2v) is 7.63. The molecule has 5 nitrogen and oxygen atoms in total. The molecule has 2 aromatic rings. The molecule has 1 N–H and O–H groups in total. The standard InChI is InChI=1S/C23H31N3O2/c1-18(2)28-22-11-4-3-8-19(22)16-23(27)26(17-20-9-5-6-14-25-20)21-10-7-13-24-15-12-21/h3-6,8-9,11,14,18,21,24H,7,10,12-13,15-17H2,1-2H3. The van der Waals surface area contributed by atoms with Gasteiger partial charge in [0.15, 0.2) is 0 Å². The summed E-state index contributed by atoms with van der Waals surface area (Å²) >= 11 is 0. The maximum atomic E-state index is 13.4. The Morgan fingerprint density at radius 2 is 2.00 bits per heavy atom. The number of amides is 1. The molecule has 0 aliphatic carbocycles. The van der Waals surface area contributed by atoms with E-state index in [9.17, 15) is 4.79 Å². The Kier molecular flexibility index (Phi) is 7.43. The molecule has 0 radical (unpaired) electrons. The number of nitrogens with zero attached hydrogens (tertiary/aromatic N) is 2. The minimum atomic E-state index is 0.0776. The number of pyridine rings is 1. The first kappa shape index (κ1) is 20.3. The predicted molar refractivity (Wildman–Crippen MR) is 111 cm³/mol. The Morgan fingerprint density at radius 3 is 2.79 bits per heavy atom. The van der Waals surface area contributed by atoms with Crippen molar-refractivity contribution in [2.24, 2.45) is 0 Å². The van der Waals surface area contributed by atoms with Crippen LogP contribution in [0.1, 0.15) is 44.4 Å². The summed E-state index contributed by atoms with van der Waals surface area (Å²) in [7, 11) is 0. The van der Waals surface area contributed by atoms with Crippen molar-refractivity contribution in [1.82, 2.24) is 15.2 Å². The summed E-state index contributed by atoms with van der Waals surface area (Å²) in [6.45, 7) is 6.53. The molecule has 1 fully saturated rings. The smallest absolute Gasteiger partial charge is 0.227 e. The van der Waals surface area contributed by atoms with Crippen molar-refractivity contribution in [2.45, 2.75) is 58.2 Å². The molecular weight excluding hydrogens is 350 g/mol. The highest BCUT2D eigenvalue weighted by Gasteiger charge is 2.26. The monoisotopic (exact) mass is 381 g/mol. The molecule has 1 amide bonds. The van der Waals surface area contributed by atoms with E-state index in [1.54, 1.807) is 6.20 Å². The van der Waals surface area contributed by atoms with Crippen LogP contribution >= 0.6 is 0 Å². The van der Waals surface area contributed by atoms with E-state index < -0.39 is 0 Å². The molecule has 0 spiro atoms. The SMILES string of the molecule is CC(C)Oc1ccccc1CC(=O)N(Cc1ccccn1)C1CCCNCC1. The molecule has 2 heterocycles. The van der Waals surface area contributed by atoms with Crippen LogP contribution in [0.25, 0.3) is 0 Å². The Hall–Kier alpha value is -2.40. The Balaban J connectivity index is 1.80. The average Bonchev–Trinajstić information content (AvgIpc) is 2.97. The molecule has 1 aliphatic heterocycles. The second-order valence-electron chi connectivity index (χ2n) is 7.63. The molecule has 150 valence electrons. The van der Waals surface area contributed by atoms with Crippen molar-refractivity contribution in [3.63, 3.8) is 0 Å². The van der Waals surface area contributed by atoms with Crippen LogP contribution in [-0.4, -0.2) is 41.0 Å². The highest BCUT2D eigenvalue weighted by Crippen LogP contribution is 2.23. The van der Waals surface area contributed by atoms with Crippen LogP contribution in [0.5, 0.6) is 5.75 Å². The van der Waals surface area contributed by atoms with Crippen molar-refractivity contribution in [3.05, 3.63) is 59.9 Å². The minimum absolute atomic E-state index is 0.0776. The number of aromatic nitrogens is 1. The van der Waals surface area contributed by atoms with Crippen LogP contribution in [0.3, 0.4) is 0 Å². The fourth-order valence-corrected chi connectivity index (χ4v) is 3.68. The van der Waals surface area contributed by atoms with E-state index in [-0.39, 0.29) is 18.1 Å². The van der Waals surface area contributed by atoms with Gasteiger partial charge in [0, 0.05) is 17.8 Å². The number of benzene rings is 1. The second kappa shape index (κ2) is 10.2. The van der Waals surface area contributed by atoms with Gasteiger partial charge in [-0.25, -0.2) is 0 Å². The molecule has 1 unspecified atom stereocenters. The molecule has 3 rings (SSSR count). The van der Waals surface area contributed by atoms with E-state index in [4.69, 9.17) is 4.74 Å². The largest absolute Gasteiger partial charge is 0.491 e. The van der Waals surface area contributed by atoms with Crippen LogP contribution < -0.4 is 10.1 Å². The van der Waals surface area contributed by atoms with E-state index in [2.05, 4.69) is 10.3 Å². The van der Waals surface area contributed by atoms with Crippen LogP contribution in [0, 0.1) is 0 Å². The van der Waals surface area contributed by atoms with E-state index >= 15 is 0 Å². The van der Waals surface area contributed by atoms with E-state index in [0.717, 1.165) is 49.4 Å². The lowest BCUT2D eigenvalue weighted by molar-refractivity contribution is -0.133. The molecule has 1 atom stereocenters. The molecular formula is C23H31N3O2. The summed E-state index contributed by atoms with van der Waals surface area (Å²) in [5.74, 6) is 0.934. The lowest BCUT2D eigenvalue weighted by atomic mass is 10.0. The fourth-order valence-electron chi connectivity index (χ4n) is 3.68. The third-order valence-corrected chi connectivity index (χ3v) is 5.04. The number of para-hydroxylation sites is 1. The van der Waals surface area contributed by atoms with Crippen LogP contribution in [0.4, 0.5) is 0 Å². The van der Waals surface area contributed by atoms with Gasteiger partial charge in [-0.3, -0.25) is 9.78 Å². The Bertz CT molecular complexity index is 741. The number of ether oxygens (including phenoxy) is 1. The highest BCUT2D eigenvalue weighted by molar-refractivity contribution is 5.79. The quantitative estimate of drug-likeness (QED) is 0.796. The zero-order valence-corrected chi connectivity index (χ0v) is 16.9. The van der Waals surface area contributed by atoms with Gasteiger partial charge in [0.05, 0.1) is 24.8 Å². The maximum absolute atomic E-state index is 13.4. The van der Waals surface area contributed by atoms with Gasteiger partial charge < -0.3 is 15.0 Å². The lowest BCUT2D eigenvalue weighted by Crippen LogP contribution is -2.41. The number of nitrogens with one attached hydrogen (secondary N) is 1. The number of carbonyl (C=O) groups is 1. The molecule has 1 aromatic heterocycles. The summed E-state index contributed by atoms with van der Waals surface area (Å²) in [6, 6.07) is 14.0. The van der Waals surface area contributed by atoms with Crippen molar-refractivity contribution >= 4 is 5.91 Å². The Labute approximate surface area is 168 Å². The zero-order chi connectivity index (χ0) is 19.8. The summed E-state index contributed by atoms with van der Waals surface area (Å²) in [6.07, 6.45) is 5.30. The summed E-state index contributed by atoms with van der Waals surface area (Å²) < 4.78 is 5.92. The molecule has 1 saturated heterocycles. The van der Waals surface area contributed by atoms with Crippen molar-refractivity contribution < 1.29 is 9.53 Å². The highest BCUT2D eigenvalue weighted by atomic mass is 16.5. The minimum Gasteiger partial charge on any atom is -0.491 e. The van der Waals surface area contributed by atoms with Crippen molar-refractivity contribution in [3.8, 4) is 5.75 Å². The van der Waals surface area contributed by atoms with Gasteiger partial charge in [-0.05, 0) is 64.4 Å². The molecule has 1 aromatic carbocycles. The van der Waals surface area contributed by atoms with Gasteiger partial charge in [0.2, 0.25) is 5.91 Å². The zero-order valence-electron chi connectivity index (χ0n) is 16.9. The maximum Gasteiger partial charge on any atom is 0.227 e. The molecule has 0 bridgehead atoms. The first-order chi connectivity index (χ1) is 13.6. The van der Waals surface area contributed by atoms with Gasteiger partial charge in [-0.15, -0.1) is 0 Å². The number of rotatable bonds is 7. The number of hydrogen-bond acceptors (Lipinski definition) is 4. The van der Waals surface area contributed by atoms with Gasteiger partial charge in [0.25, 0.3) is 0 Å². The lowest BCUT2D eigenvalue weighted by Gasteiger charge is -2.31. The normalized spacial score (nSPS) is 17.2. The van der Waals surface area contributed by atoms with Gasteiger partial charge in [-0.1, -0.05) is 24.3 Å². The van der Waals surface area contributed by atoms with Gasteiger partial charge in [0.1, 0.15) is 5.75 Å². The van der Waals surface area contributed by atoms with Crippen molar-refractivity contribution in [2.75, 3.05) is 13.1 Å². The van der Waals surface area contributed by atoms with E-state index in [1.165, 1.54) is 0 Å². The number of carbonyl (C=O) groups excluding carboxylic acids is 1. The van der Waals surface area contributed by atoms with Crippen LogP contribution in [0.15, 0.2) is 48.7 Å². The van der Waals surface area contributed by atoms with Gasteiger partial charge >= 0.3 is 0 Å². The van der Waals surface area contributed by atoms with Gasteiger partial charge in [-0.2, -0.15) is 0 Å². The van der Waals surface area contributed by atoms with E-state index in [1.807, 2.05) is 61.2 Å².